The van der Waals surface area contributed by atoms with E-state index >= 15 is 0 Å². The van der Waals surface area contributed by atoms with E-state index < -0.39 is 52.9 Å². The predicted molar refractivity (Wildman–Crippen MR) is 124 cm³/mol. The Morgan fingerprint density at radius 2 is 1.97 bits per heavy atom. The summed E-state index contributed by atoms with van der Waals surface area (Å²) in [5.41, 5.74) is 4.70. The van der Waals surface area contributed by atoms with Gasteiger partial charge in [0.25, 0.3) is 5.91 Å². The number of carbonyl (C=O) groups excluding carboxylic acids is 1. The number of anilines is 1. The molecule has 1 aliphatic heterocycles. The maximum Gasteiger partial charge on any atom is 0.274 e. The fraction of sp³-hybridized carbons (Fsp3) is 0.375. The number of rotatable bonds is 7. The molecule has 9 nitrogen and oxygen atoms in total. The molecule has 0 aliphatic carbocycles. The van der Waals surface area contributed by atoms with E-state index in [9.17, 15) is 22.4 Å². The van der Waals surface area contributed by atoms with E-state index in [4.69, 9.17) is 20.3 Å². The summed E-state index contributed by atoms with van der Waals surface area (Å²) in [6.45, 7) is -0.772. The van der Waals surface area contributed by atoms with Crippen LogP contribution in [0.5, 0.6) is 5.75 Å². The number of hydrogen-bond acceptors (Lipinski definition) is 7. The van der Waals surface area contributed by atoms with E-state index in [0.29, 0.717) is 18.5 Å². The van der Waals surface area contributed by atoms with Crippen molar-refractivity contribution in [2.75, 3.05) is 25.1 Å². The first-order chi connectivity index (χ1) is 17.7. The average Bonchev–Trinajstić information content (AvgIpc) is 3.13. The van der Waals surface area contributed by atoms with Gasteiger partial charge in [-0.2, -0.15) is 5.10 Å². The standard InChI is InChI=1S/C24H25F4N5O4/c1-33-23(20-5-3-17(29)16(28)11-37-20)19(10-30-33)32-24(35)18-4-2-13(25)22(31-18)21-14(26)8-12(9-15(21)27)36-7-6-34/h2,4,8-10,16-17,20,34H,3,5-7,11,29H2,1H3,(H,32,35)/t16-,17+,20-/m0/s1. The second kappa shape index (κ2) is 11.2. The number of alkyl halides is 1. The summed E-state index contributed by atoms with van der Waals surface area (Å²) in [5, 5.41) is 15.5. The number of benzene rings is 1. The molecule has 0 radical (unpaired) electrons. The molecule has 1 saturated heterocycles. The lowest BCUT2D eigenvalue weighted by atomic mass is 10.0. The number of aryl methyl sites for hydroxylation is 1. The molecular formula is C24H25F4N5O4. The number of carbonyl (C=O) groups is 1. The summed E-state index contributed by atoms with van der Waals surface area (Å²) in [4.78, 5) is 16.8. The van der Waals surface area contributed by atoms with Crippen LogP contribution in [0.1, 0.15) is 35.1 Å². The largest absolute Gasteiger partial charge is 0.491 e. The molecule has 0 unspecified atom stereocenters. The Hall–Kier alpha value is -3.55. The molecule has 4 N–H and O–H groups in total. The lowest BCUT2D eigenvalue weighted by molar-refractivity contribution is 0.0247. The van der Waals surface area contributed by atoms with Crippen LogP contribution in [-0.4, -0.2) is 57.8 Å². The second-order valence-electron chi connectivity index (χ2n) is 8.46. The van der Waals surface area contributed by atoms with Crippen molar-refractivity contribution in [1.29, 1.82) is 0 Å². The van der Waals surface area contributed by atoms with Gasteiger partial charge in [0.2, 0.25) is 0 Å². The predicted octanol–water partition coefficient (Wildman–Crippen LogP) is 3.04. The molecule has 0 spiro atoms. The van der Waals surface area contributed by atoms with Crippen LogP contribution in [0.25, 0.3) is 11.3 Å². The number of aliphatic hydroxyl groups is 1. The van der Waals surface area contributed by atoms with Crippen LogP contribution in [0.4, 0.5) is 23.2 Å². The highest BCUT2D eigenvalue weighted by atomic mass is 19.1. The number of amides is 1. The summed E-state index contributed by atoms with van der Waals surface area (Å²) < 4.78 is 70.0. The van der Waals surface area contributed by atoms with Crippen molar-refractivity contribution in [3.05, 3.63) is 59.3 Å². The minimum atomic E-state index is -1.32. The van der Waals surface area contributed by atoms with Crippen LogP contribution in [-0.2, 0) is 11.8 Å². The minimum absolute atomic E-state index is 0.191. The molecule has 4 rings (SSSR count). The zero-order chi connectivity index (χ0) is 26.7. The monoisotopic (exact) mass is 523 g/mol. The number of halogens is 4. The van der Waals surface area contributed by atoms with Crippen LogP contribution in [0.3, 0.4) is 0 Å². The first-order valence-corrected chi connectivity index (χ1v) is 11.4. The van der Waals surface area contributed by atoms with E-state index in [0.717, 1.165) is 24.3 Å². The maximum absolute atomic E-state index is 14.7. The van der Waals surface area contributed by atoms with Crippen LogP contribution < -0.4 is 15.8 Å². The SMILES string of the molecule is Cn1ncc(NC(=O)c2ccc(F)c(-c3c(F)cc(OCCO)cc3F)n2)c1[C@@H]1CC[C@@H](N)[C@@H](F)CO1. The van der Waals surface area contributed by atoms with Gasteiger partial charge >= 0.3 is 0 Å². The number of aromatic nitrogens is 3. The lowest BCUT2D eigenvalue weighted by Gasteiger charge is -2.18. The van der Waals surface area contributed by atoms with Gasteiger partial charge < -0.3 is 25.6 Å². The van der Waals surface area contributed by atoms with Crippen LogP contribution >= 0.6 is 0 Å². The van der Waals surface area contributed by atoms with Crippen LogP contribution in [0, 0.1) is 17.5 Å². The summed E-state index contributed by atoms with van der Waals surface area (Å²) in [5.74, 6) is -4.38. The molecule has 198 valence electrons. The Balaban J connectivity index is 1.60. The third-order valence-electron chi connectivity index (χ3n) is 5.91. The Bertz CT molecular complexity index is 1250. The van der Waals surface area contributed by atoms with E-state index in [1.165, 1.54) is 10.9 Å². The van der Waals surface area contributed by atoms with Gasteiger partial charge in [0, 0.05) is 25.2 Å². The average molecular weight is 523 g/mol. The van der Waals surface area contributed by atoms with Gasteiger partial charge in [-0.3, -0.25) is 9.48 Å². The Labute approximate surface area is 209 Å². The van der Waals surface area contributed by atoms with Gasteiger partial charge in [0.1, 0.15) is 53.5 Å². The van der Waals surface area contributed by atoms with E-state index in [1.54, 1.807) is 7.05 Å². The van der Waals surface area contributed by atoms with Crippen molar-refractivity contribution < 1.29 is 36.9 Å². The number of hydrogen-bond donors (Lipinski definition) is 3. The van der Waals surface area contributed by atoms with Crippen molar-refractivity contribution in [3.63, 3.8) is 0 Å². The highest BCUT2D eigenvalue weighted by molar-refractivity contribution is 6.03. The van der Waals surface area contributed by atoms with Gasteiger partial charge in [-0.05, 0) is 25.0 Å². The molecule has 1 amide bonds. The highest BCUT2D eigenvalue weighted by Gasteiger charge is 2.30. The van der Waals surface area contributed by atoms with Crippen molar-refractivity contribution in [2.45, 2.75) is 31.2 Å². The third kappa shape index (κ3) is 5.73. The molecule has 0 saturated carbocycles. The molecule has 3 atom stereocenters. The van der Waals surface area contributed by atoms with Crippen LogP contribution in [0.15, 0.2) is 30.5 Å². The van der Waals surface area contributed by atoms with Crippen molar-refractivity contribution >= 4 is 11.6 Å². The van der Waals surface area contributed by atoms with E-state index in [1.807, 2.05) is 0 Å². The Morgan fingerprint density at radius 3 is 2.68 bits per heavy atom. The summed E-state index contributed by atoms with van der Waals surface area (Å²) in [6, 6.07) is 2.91. The first kappa shape index (κ1) is 26.5. The molecule has 1 fully saturated rings. The van der Waals surface area contributed by atoms with Crippen LogP contribution in [0.2, 0.25) is 0 Å². The zero-order valence-electron chi connectivity index (χ0n) is 19.8. The first-order valence-electron chi connectivity index (χ1n) is 11.4. The summed E-state index contributed by atoms with van der Waals surface area (Å²) in [6.07, 6.45) is 0.187. The van der Waals surface area contributed by atoms with Crippen molar-refractivity contribution in [1.82, 2.24) is 14.8 Å². The maximum atomic E-state index is 14.7. The molecule has 0 bridgehead atoms. The fourth-order valence-corrected chi connectivity index (χ4v) is 4.03. The summed E-state index contributed by atoms with van der Waals surface area (Å²) >= 11 is 0. The van der Waals surface area contributed by atoms with Crippen molar-refractivity contribution in [2.24, 2.45) is 12.8 Å². The molecular weight excluding hydrogens is 498 g/mol. The van der Waals surface area contributed by atoms with Crippen molar-refractivity contribution in [3.8, 4) is 17.0 Å². The minimum Gasteiger partial charge on any atom is -0.491 e. The number of ether oxygens (including phenoxy) is 2. The Kier molecular flexibility index (Phi) is 8.05. The van der Waals surface area contributed by atoms with Gasteiger partial charge in [-0.15, -0.1) is 0 Å². The molecule has 3 aromatic rings. The second-order valence-corrected chi connectivity index (χ2v) is 8.46. The van der Waals surface area contributed by atoms with E-state index in [-0.39, 0.29) is 37.0 Å². The normalized spacial score (nSPS) is 19.9. The molecule has 37 heavy (non-hydrogen) atoms. The van der Waals surface area contributed by atoms with Gasteiger partial charge in [-0.25, -0.2) is 22.5 Å². The number of aliphatic hydroxyl groups excluding tert-OH is 1. The summed E-state index contributed by atoms with van der Waals surface area (Å²) in [7, 11) is 1.62. The third-order valence-corrected chi connectivity index (χ3v) is 5.91. The highest BCUT2D eigenvalue weighted by Crippen LogP contribution is 2.33. The number of nitrogens with zero attached hydrogens (tertiary/aromatic N) is 3. The number of pyridine rings is 1. The van der Waals surface area contributed by atoms with Gasteiger partial charge in [0.15, 0.2) is 0 Å². The molecule has 2 aromatic heterocycles. The fourth-order valence-electron chi connectivity index (χ4n) is 4.03. The quantitative estimate of drug-likeness (QED) is 0.407. The zero-order valence-corrected chi connectivity index (χ0v) is 19.8. The van der Waals surface area contributed by atoms with Gasteiger partial charge in [-0.1, -0.05) is 0 Å². The molecule has 1 aromatic carbocycles. The van der Waals surface area contributed by atoms with Gasteiger partial charge in [0.05, 0.1) is 36.4 Å². The topological polar surface area (TPSA) is 125 Å². The molecule has 13 heteroatoms. The molecule has 1 aliphatic rings. The molecule has 3 heterocycles. The number of nitrogens with one attached hydrogen (secondary N) is 1. The number of nitrogens with two attached hydrogens (primary N) is 1. The Morgan fingerprint density at radius 1 is 1.24 bits per heavy atom. The van der Waals surface area contributed by atoms with E-state index in [2.05, 4.69) is 15.4 Å². The smallest absolute Gasteiger partial charge is 0.274 e. The lowest BCUT2D eigenvalue weighted by Crippen LogP contribution is -2.32.